The molecule has 0 saturated carbocycles. The number of fused-ring (bicyclic) bond motifs is 3. The van der Waals surface area contributed by atoms with Crippen molar-refractivity contribution < 1.29 is 24.2 Å². The first-order valence-corrected chi connectivity index (χ1v) is 11.3. The Bertz CT molecular complexity index is 1300. The molecular weight excluding hydrogens is 460 g/mol. The molecule has 0 heterocycles. The van der Waals surface area contributed by atoms with Gasteiger partial charge in [-0.15, -0.1) is 0 Å². The first-order valence-electron chi connectivity index (χ1n) is 11.3. The van der Waals surface area contributed by atoms with Crippen LogP contribution in [0.5, 0.6) is 5.75 Å². The second kappa shape index (κ2) is 11.1. The fourth-order valence-electron chi connectivity index (χ4n) is 4.28. The van der Waals surface area contributed by atoms with E-state index in [2.05, 4.69) is 21.9 Å². The number of ether oxygens (including phenoxy) is 2. The Morgan fingerprint density at radius 2 is 1.75 bits per heavy atom. The Kier molecular flexibility index (Phi) is 7.53. The lowest BCUT2D eigenvalue weighted by Crippen LogP contribution is -2.44. The number of hydrogen-bond donors (Lipinski definition) is 2. The van der Waals surface area contributed by atoms with Gasteiger partial charge in [0.2, 0.25) is 0 Å². The average molecular weight is 485 g/mol. The van der Waals surface area contributed by atoms with Crippen molar-refractivity contribution >= 4 is 17.7 Å². The van der Waals surface area contributed by atoms with Crippen molar-refractivity contribution in [3.63, 3.8) is 0 Å². The molecule has 0 saturated heterocycles. The van der Waals surface area contributed by atoms with Gasteiger partial charge in [-0.25, -0.2) is 9.59 Å². The summed E-state index contributed by atoms with van der Waals surface area (Å²) in [5.41, 5.74) is 13.6. The zero-order valence-electron chi connectivity index (χ0n) is 19.3. The molecular formula is C27H24N4O5. The van der Waals surface area contributed by atoms with E-state index in [-0.39, 0.29) is 37.0 Å². The maximum Gasteiger partial charge on any atom is 0.407 e. The van der Waals surface area contributed by atoms with Gasteiger partial charge >= 0.3 is 12.1 Å². The molecule has 36 heavy (non-hydrogen) atoms. The Morgan fingerprint density at radius 3 is 2.39 bits per heavy atom. The van der Waals surface area contributed by atoms with Crippen LogP contribution in [0.4, 0.5) is 10.5 Å². The van der Waals surface area contributed by atoms with Crippen LogP contribution in [0, 0.1) is 0 Å². The molecule has 9 heteroatoms. The number of esters is 1. The topological polar surface area (TPSA) is 134 Å². The number of carbonyl (C=O) groups excluding carboxylic acids is 2. The van der Waals surface area contributed by atoms with Crippen molar-refractivity contribution in [3.05, 3.63) is 107 Å². The summed E-state index contributed by atoms with van der Waals surface area (Å²) in [7, 11) is 0. The fraction of sp³-hybridized carbons (Fsp3) is 0.185. The summed E-state index contributed by atoms with van der Waals surface area (Å²) in [6.07, 6.45) is 0.670. The molecule has 1 atom stereocenters. The van der Waals surface area contributed by atoms with Gasteiger partial charge in [0.25, 0.3) is 0 Å². The maximum atomic E-state index is 12.8. The third-order valence-corrected chi connectivity index (χ3v) is 5.90. The molecule has 9 nitrogen and oxygen atoms in total. The van der Waals surface area contributed by atoms with Crippen LogP contribution >= 0.6 is 0 Å². The quantitative estimate of drug-likeness (QED) is 0.136. The Morgan fingerprint density at radius 1 is 1.08 bits per heavy atom. The molecule has 4 rings (SSSR count). The maximum absolute atomic E-state index is 12.8. The lowest BCUT2D eigenvalue weighted by atomic mass is 9.98. The highest BCUT2D eigenvalue weighted by Gasteiger charge is 2.30. The first-order chi connectivity index (χ1) is 17.5. The van der Waals surface area contributed by atoms with E-state index in [1.165, 1.54) is 18.2 Å². The molecule has 1 amide bonds. The standard InChI is InChI=1S/C27H24N4O5/c1-2-13-35-26(33)24(15-17-11-12-25(32)23(14-17)30-31-28)29-27(34)36-16-22-20-9-5-3-7-18(20)19-8-4-6-10-21(19)22/h2-12,14,22,24,32H,1,13,15-16H2,(H,29,34)/t24-/m0/s1. The summed E-state index contributed by atoms with van der Waals surface area (Å²) in [5, 5.41) is 15.8. The third kappa shape index (κ3) is 5.32. The Hall–Kier alpha value is -4.75. The van der Waals surface area contributed by atoms with Gasteiger partial charge in [0.1, 0.15) is 25.0 Å². The highest BCUT2D eigenvalue weighted by molar-refractivity contribution is 5.82. The molecule has 2 N–H and O–H groups in total. The number of carbonyl (C=O) groups is 2. The number of alkyl carbamates (subject to hydrolysis) is 1. The van der Waals surface area contributed by atoms with Crippen LogP contribution < -0.4 is 5.32 Å². The van der Waals surface area contributed by atoms with Crippen LogP contribution in [-0.2, 0) is 20.7 Å². The van der Waals surface area contributed by atoms with Gasteiger partial charge in [-0.3, -0.25) is 0 Å². The monoisotopic (exact) mass is 484 g/mol. The average Bonchev–Trinajstić information content (AvgIpc) is 3.21. The van der Waals surface area contributed by atoms with Gasteiger partial charge in [0.05, 0.1) is 5.69 Å². The molecule has 0 spiro atoms. The zero-order valence-corrected chi connectivity index (χ0v) is 19.3. The van der Waals surface area contributed by atoms with Gasteiger partial charge < -0.3 is 19.9 Å². The lowest BCUT2D eigenvalue weighted by Gasteiger charge is -2.19. The minimum Gasteiger partial charge on any atom is -0.507 e. The normalized spacial score (nSPS) is 12.4. The first kappa shape index (κ1) is 24.4. The van der Waals surface area contributed by atoms with Gasteiger partial charge in [0, 0.05) is 17.3 Å². The number of benzene rings is 3. The van der Waals surface area contributed by atoms with Gasteiger partial charge in [-0.05, 0) is 45.5 Å². The van der Waals surface area contributed by atoms with Crippen LogP contribution in [-0.4, -0.2) is 36.4 Å². The molecule has 1 aliphatic carbocycles. The summed E-state index contributed by atoms with van der Waals surface area (Å²) < 4.78 is 10.7. The van der Waals surface area contributed by atoms with E-state index in [0.717, 1.165) is 22.3 Å². The van der Waals surface area contributed by atoms with Gasteiger partial charge in [-0.2, -0.15) is 0 Å². The summed E-state index contributed by atoms with van der Waals surface area (Å²) in [6, 6.07) is 19.2. The Balaban J connectivity index is 1.48. The second-order valence-corrected chi connectivity index (χ2v) is 8.16. The largest absolute Gasteiger partial charge is 0.507 e. The molecule has 3 aromatic rings. The van der Waals surface area contributed by atoms with Crippen molar-refractivity contribution in [1.29, 1.82) is 0 Å². The van der Waals surface area contributed by atoms with Crippen molar-refractivity contribution in [3.8, 4) is 16.9 Å². The number of phenolic OH excluding ortho intramolecular Hbond substituents is 1. The summed E-state index contributed by atoms with van der Waals surface area (Å²) >= 11 is 0. The van der Waals surface area contributed by atoms with Crippen molar-refractivity contribution in [1.82, 2.24) is 5.32 Å². The highest BCUT2D eigenvalue weighted by atomic mass is 16.6. The van der Waals surface area contributed by atoms with Gasteiger partial charge in [-0.1, -0.05) is 72.4 Å². The fourth-order valence-corrected chi connectivity index (χ4v) is 4.28. The second-order valence-electron chi connectivity index (χ2n) is 8.16. The minimum absolute atomic E-state index is 0.00866. The molecule has 0 bridgehead atoms. The zero-order chi connectivity index (χ0) is 25.5. The van der Waals surface area contributed by atoms with Crippen LogP contribution in [0.3, 0.4) is 0 Å². The predicted octanol–water partition coefficient (Wildman–Crippen LogP) is 5.51. The van der Waals surface area contributed by atoms with E-state index >= 15 is 0 Å². The van der Waals surface area contributed by atoms with Crippen molar-refractivity contribution in [2.45, 2.75) is 18.4 Å². The minimum atomic E-state index is -1.08. The number of phenols is 1. The molecule has 1 aliphatic rings. The third-order valence-electron chi connectivity index (χ3n) is 5.90. The van der Waals surface area contributed by atoms with Crippen LogP contribution in [0.25, 0.3) is 21.6 Å². The van der Waals surface area contributed by atoms with Crippen LogP contribution in [0.2, 0.25) is 0 Å². The highest BCUT2D eigenvalue weighted by Crippen LogP contribution is 2.44. The Labute approximate surface area is 207 Å². The number of amides is 1. The van der Waals surface area contributed by atoms with Crippen LogP contribution in [0.15, 0.2) is 84.5 Å². The molecule has 182 valence electrons. The van der Waals surface area contributed by atoms with Crippen molar-refractivity contribution in [2.75, 3.05) is 13.2 Å². The number of azide groups is 1. The smallest absolute Gasteiger partial charge is 0.407 e. The SMILES string of the molecule is C=CCOC(=O)[C@H](Cc1ccc(O)c(N=[N+]=[N-])c1)NC(=O)OCC1c2ccccc2-c2ccccc21. The molecule has 0 unspecified atom stereocenters. The van der Waals surface area contributed by atoms with E-state index < -0.39 is 18.1 Å². The van der Waals surface area contributed by atoms with E-state index in [9.17, 15) is 14.7 Å². The lowest BCUT2D eigenvalue weighted by molar-refractivity contribution is -0.144. The van der Waals surface area contributed by atoms with E-state index in [0.29, 0.717) is 5.56 Å². The molecule has 0 fully saturated rings. The number of aromatic hydroxyl groups is 1. The molecule has 0 radical (unpaired) electrons. The van der Waals surface area contributed by atoms with E-state index in [1.54, 1.807) is 6.07 Å². The summed E-state index contributed by atoms with van der Waals surface area (Å²) in [4.78, 5) is 28.1. The van der Waals surface area contributed by atoms with E-state index in [1.807, 2.05) is 48.5 Å². The molecule has 0 aliphatic heterocycles. The molecule has 0 aromatic heterocycles. The van der Waals surface area contributed by atoms with Crippen LogP contribution in [0.1, 0.15) is 22.6 Å². The van der Waals surface area contributed by atoms with Gasteiger partial charge in [0.15, 0.2) is 0 Å². The number of rotatable bonds is 9. The number of nitrogens with zero attached hydrogens (tertiary/aromatic N) is 3. The van der Waals surface area contributed by atoms with E-state index in [4.69, 9.17) is 15.0 Å². The summed E-state index contributed by atoms with van der Waals surface area (Å²) in [6.45, 7) is 3.59. The number of hydrogen-bond acceptors (Lipinski definition) is 6. The van der Waals surface area contributed by atoms with Crippen molar-refractivity contribution in [2.24, 2.45) is 5.11 Å². The molecule has 3 aromatic carbocycles. The predicted molar refractivity (Wildman–Crippen MR) is 134 cm³/mol. The number of nitrogens with one attached hydrogen (secondary N) is 1. The summed E-state index contributed by atoms with van der Waals surface area (Å²) in [5.74, 6) is -1.01.